The van der Waals surface area contributed by atoms with Gasteiger partial charge in [-0.3, -0.25) is 14.9 Å². The standard InChI is InChI=1S/C14H11FN2O3/c1-9-2-5-11(6-3-9)16-14(18)10-4-7-13(17(19)20)12(15)8-10/h2-8H,1H3,(H,16,18). The van der Waals surface area contributed by atoms with Gasteiger partial charge in [0.1, 0.15) is 0 Å². The third kappa shape index (κ3) is 2.97. The topological polar surface area (TPSA) is 72.2 Å². The minimum Gasteiger partial charge on any atom is -0.322 e. The molecule has 0 aliphatic rings. The molecule has 2 aromatic carbocycles. The predicted molar refractivity (Wildman–Crippen MR) is 72.2 cm³/mol. The molecule has 0 saturated heterocycles. The van der Waals surface area contributed by atoms with Crippen LogP contribution in [0.3, 0.4) is 0 Å². The zero-order valence-electron chi connectivity index (χ0n) is 10.6. The lowest BCUT2D eigenvalue weighted by Gasteiger charge is -2.05. The Balaban J connectivity index is 2.19. The van der Waals surface area contributed by atoms with E-state index in [1.165, 1.54) is 6.07 Å². The van der Waals surface area contributed by atoms with Crippen molar-refractivity contribution in [2.45, 2.75) is 6.92 Å². The van der Waals surface area contributed by atoms with E-state index in [0.29, 0.717) is 5.69 Å². The molecular formula is C14H11FN2O3. The Bertz CT molecular complexity index is 669. The number of halogens is 1. The first-order valence-electron chi connectivity index (χ1n) is 5.79. The Labute approximate surface area is 114 Å². The fraction of sp³-hybridized carbons (Fsp3) is 0.0714. The van der Waals surface area contributed by atoms with Crippen LogP contribution in [0.1, 0.15) is 15.9 Å². The third-order valence-corrected chi connectivity index (χ3v) is 2.72. The number of carbonyl (C=O) groups excluding carboxylic acids is 1. The highest BCUT2D eigenvalue weighted by Crippen LogP contribution is 2.19. The second-order valence-corrected chi connectivity index (χ2v) is 4.24. The minimum absolute atomic E-state index is 0.0219. The maximum atomic E-state index is 13.4. The van der Waals surface area contributed by atoms with Gasteiger partial charge in [0.05, 0.1) is 4.92 Å². The van der Waals surface area contributed by atoms with E-state index in [1.807, 2.05) is 19.1 Å². The van der Waals surface area contributed by atoms with Gasteiger partial charge in [0, 0.05) is 17.3 Å². The maximum absolute atomic E-state index is 13.4. The molecule has 0 heterocycles. The molecule has 0 atom stereocenters. The van der Waals surface area contributed by atoms with Crippen LogP contribution in [-0.2, 0) is 0 Å². The van der Waals surface area contributed by atoms with Crippen molar-refractivity contribution in [3.63, 3.8) is 0 Å². The fourth-order valence-corrected chi connectivity index (χ4v) is 1.64. The first kappa shape index (κ1) is 13.7. The van der Waals surface area contributed by atoms with Gasteiger partial charge in [-0.25, -0.2) is 0 Å². The highest BCUT2D eigenvalue weighted by molar-refractivity contribution is 6.04. The highest BCUT2D eigenvalue weighted by Gasteiger charge is 2.16. The summed E-state index contributed by atoms with van der Waals surface area (Å²) in [5, 5.41) is 13.1. The van der Waals surface area contributed by atoms with E-state index >= 15 is 0 Å². The maximum Gasteiger partial charge on any atom is 0.304 e. The van der Waals surface area contributed by atoms with Crippen LogP contribution in [0.2, 0.25) is 0 Å². The Morgan fingerprint density at radius 2 is 1.85 bits per heavy atom. The summed E-state index contributed by atoms with van der Waals surface area (Å²) in [5.74, 6) is -1.56. The molecule has 0 bridgehead atoms. The number of anilines is 1. The van der Waals surface area contributed by atoms with E-state index in [9.17, 15) is 19.3 Å². The van der Waals surface area contributed by atoms with Gasteiger partial charge in [-0.05, 0) is 31.2 Å². The SMILES string of the molecule is Cc1ccc(NC(=O)c2ccc([N+](=O)[O-])c(F)c2)cc1. The highest BCUT2D eigenvalue weighted by atomic mass is 19.1. The summed E-state index contributed by atoms with van der Waals surface area (Å²) in [5.41, 5.74) is 0.981. The molecule has 20 heavy (non-hydrogen) atoms. The quantitative estimate of drug-likeness (QED) is 0.689. The van der Waals surface area contributed by atoms with Crippen LogP contribution in [0.5, 0.6) is 0 Å². The molecule has 102 valence electrons. The number of hydrogen-bond acceptors (Lipinski definition) is 3. The molecular weight excluding hydrogens is 263 g/mol. The molecule has 1 amide bonds. The van der Waals surface area contributed by atoms with Crippen LogP contribution < -0.4 is 5.32 Å². The Morgan fingerprint density at radius 1 is 1.20 bits per heavy atom. The molecule has 0 aliphatic carbocycles. The predicted octanol–water partition coefficient (Wildman–Crippen LogP) is 3.29. The lowest BCUT2D eigenvalue weighted by Crippen LogP contribution is -2.12. The zero-order valence-corrected chi connectivity index (χ0v) is 10.6. The van der Waals surface area contributed by atoms with E-state index in [-0.39, 0.29) is 5.56 Å². The van der Waals surface area contributed by atoms with Gasteiger partial charge in [0.25, 0.3) is 5.91 Å². The van der Waals surface area contributed by atoms with Crippen molar-refractivity contribution in [2.24, 2.45) is 0 Å². The Kier molecular flexibility index (Phi) is 3.74. The van der Waals surface area contributed by atoms with Crippen LogP contribution >= 0.6 is 0 Å². The van der Waals surface area contributed by atoms with Gasteiger partial charge in [-0.1, -0.05) is 17.7 Å². The summed E-state index contributed by atoms with van der Waals surface area (Å²) in [6, 6.07) is 10.1. The smallest absolute Gasteiger partial charge is 0.304 e. The van der Waals surface area contributed by atoms with Gasteiger partial charge in [0.2, 0.25) is 5.82 Å². The summed E-state index contributed by atoms with van der Waals surface area (Å²) in [4.78, 5) is 21.5. The molecule has 2 aromatic rings. The fourth-order valence-electron chi connectivity index (χ4n) is 1.64. The number of nitro groups is 1. The zero-order chi connectivity index (χ0) is 14.7. The molecule has 0 radical (unpaired) electrons. The van der Waals surface area contributed by atoms with Gasteiger partial charge in [-0.15, -0.1) is 0 Å². The second kappa shape index (κ2) is 5.48. The lowest BCUT2D eigenvalue weighted by atomic mass is 10.1. The van der Waals surface area contributed by atoms with Gasteiger partial charge >= 0.3 is 5.69 Å². The molecule has 0 fully saturated rings. The van der Waals surface area contributed by atoms with E-state index in [2.05, 4.69) is 5.32 Å². The van der Waals surface area contributed by atoms with Gasteiger partial charge in [-0.2, -0.15) is 4.39 Å². The molecule has 6 heteroatoms. The number of nitrogens with zero attached hydrogens (tertiary/aromatic N) is 1. The summed E-state index contributed by atoms with van der Waals surface area (Å²) in [6.45, 7) is 1.91. The van der Waals surface area contributed by atoms with Crippen molar-refractivity contribution < 1.29 is 14.1 Å². The van der Waals surface area contributed by atoms with Crippen LogP contribution in [0.4, 0.5) is 15.8 Å². The number of carbonyl (C=O) groups is 1. The number of nitro benzene ring substituents is 1. The van der Waals surface area contributed by atoms with E-state index < -0.39 is 22.3 Å². The number of amides is 1. The number of hydrogen-bond donors (Lipinski definition) is 1. The van der Waals surface area contributed by atoms with Crippen LogP contribution in [-0.4, -0.2) is 10.8 Å². The first-order valence-corrected chi connectivity index (χ1v) is 5.79. The monoisotopic (exact) mass is 274 g/mol. The van der Waals surface area contributed by atoms with Crippen molar-refractivity contribution in [3.8, 4) is 0 Å². The van der Waals surface area contributed by atoms with E-state index in [1.54, 1.807) is 12.1 Å². The van der Waals surface area contributed by atoms with Crippen molar-refractivity contribution in [1.82, 2.24) is 0 Å². The van der Waals surface area contributed by atoms with E-state index in [0.717, 1.165) is 17.7 Å². The summed E-state index contributed by atoms with van der Waals surface area (Å²) >= 11 is 0. The van der Waals surface area contributed by atoms with Crippen LogP contribution in [0.25, 0.3) is 0 Å². The van der Waals surface area contributed by atoms with Crippen molar-refractivity contribution in [1.29, 1.82) is 0 Å². The number of aryl methyl sites for hydroxylation is 1. The van der Waals surface area contributed by atoms with Crippen LogP contribution in [0.15, 0.2) is 42.5 Å². The van der Waals surface area contributed by atoms with Crippen LogP contribution in [0, 0.1) is 22.9 Å². The average Bonchev–Trinajstić information content (AvgIpc) is 2.40. The molecule has 0 unspecified atom stereocenters. The molecule has 0 saturated carbocycles. The summed E-state index contributed by atoms with van der Waals surface area (Å²) < 4.78 is 13.4. The first-order chi connectivity index (χ1) is 9.47. The summed E-state index contributed by atoms with van der Waals surface area (Å²) in [7, 11) is 0. The van der Waals surface area contributed by atoms with Gasteiger partial charge < -0.3 is 5.32 Å². The molecule has 0 spiro atoms. The number of nitrogens with one attached hydrogen (secondary N) is 1. The Hall–Kier alpha value is -2.76. The number of rotatable bonds is 3. The molecule has 1 N–H and O–H groups in total. The van der Waals surface area contributed by atoms with Gasteiger partial charge in [0.15, 0.2) is 0 Å². The van der Waals surface area contributed by atoms with Crippen molar-refractivity contribution in [2.75, 3.05) is 5.32 Å². The normalized spacial score (nSPS) is 10.1. The lowest BCUT2D eigenvalue weighted by molar-refractivity contribution is -0.387. The molecule has 2 rings (SSSR count). The largest absolute Gasteiger partial charge is 0.322 e. The van der Waals surface area contributed by atoms with E-state index in [4.69, 9.17) is 0 Å². The molecule has 5 nitrogen and oxygen atoms in total. The molecule has 0 aliphatic heterocycles. The third-order valence-electron chi connectivity index (χ3n) is 2.72. The average molecular weight is 274 g/mol. The summed E-state index contributed by atoms with van der Waals surface area (Å²) in [6.07, 6.45) is 0. The molecule has 0 aromatic heterocycles. The number of benzene rings is 2. The van der Waals surface area contributed by atoms with Crippen molar-refractivity contribution >= 4 is 17.3 Å². The Morgan fingerprint density at radius 3 is 2.40 bits per heavy atom. The second-order valence-electron chi connectivity index (χ2n) is 4.24. The van der Waals surface area contributed by atoms with Crippen molar-refractivity contribution in [3.05, 3.63) is 69.5 Å². The minimum atomic E-state index is -1.04.